The van der Waals surface area contributed by atoms with Gasteiger partial charge in [0.25, 0.3) is 0 Å². The zero-order chi connectivity index (χ0) is 35.1. The molecule has 13 heteroatoms. The quantitative estimate of drug-likeness (QED) is 0.191. The molecule has 0 atom stereocenters. The molecule has 0 fully saturated rings. The van der Waals surface area contributed by atoms with Crippen LogP contribution in [-0.4, -0.2) is 54.8 Å². The Balaban J connectivity index is 1.37. The summed E-state index contributed by atoms with van der Waals surface area (Å²) in [6, 6.07) is 18.3. The van der Waals surface area contributed by atoms with E-state index in [2.05, 4.69) is 35.6 Å². The van der Waals surface area contributed by atoms with Crippen LogP contribution < -0.4 is 10.1 Å². The number of carboxylic acid groups (broad SMARTS) is 1. The van der Waals surface area contributed by atoms with Gasteiger partial charge in [0, 0.05) is 86.6 Å². The van der Waals surface area contributed by atoms with Gasteiger partial charge < -0.3 is 19.7 Å². The number of aromatic carboxylic acids is 1. The summed E-state index contributed by atoms with van der Waals surface area (Å²) >= 11 is 10.5. The van der Waals surface area contributed by atoms with E-state index in [4.69, 9.17) is 26.5 Å². The molecule has 0 unspecified atom stereocenters. The zero-order valence-corrected chi connectivity index (χ0v) is 30.6. The number of fused-ring (bicyclic) bond motifs is 8. The van der Waals surface area contributed by atoms with Crippen LogP contribution >= 0.6 is 35.1 Å². The lowest BCUT2D eigenvalue weighted by Crippen LogP contribution is -2.24. The Hall–Kier alpha value is -4.39. The number of hydrogen-bond acceptors (Lipinski definition) is 7. The molecule has 50 heavy (non-hydrogen) atoms. The van der Waals surface area contributed by atoms with Crippen LogP contribution in [0.15, 0.2) is 59.5 Å². The van der Waals surface area contributed by atoms with Crippen molar-refractivity contribution >= 4 is 68.7 Å². The van der Waals surface area contributed by atoms with Crippen molar-refractivity contribution in [1.29, 1.82) is 0 Å². The van der Waals surface area contributed by atoms with E-state index in [1.165, 1.54) is 0 Å². The van der Waals surface area contributed by atoms with E-state index in [9.17, 15) is 14.7 Å². The highest BCUT2D eigenvalue weighted by Gasteiger charge is 2.28. The molecule has 0 saturated heterocycles. The van der Waals surface area contributed by atoms with Gasteiger partial charge in [0.05, 0.1) is 18.0 Å². The molecule has 0 radical (unpaired) electrons. The molecule has 2 N–H and O–H groups in total. The predicted molar refractivity (Wildman–Crippen MR) is 200 cm³/mol. The monoisotopic (exact) mass is 728 g/mol. The molecule has 1 amide bonds. The normalized spacial score (nSPS) is 13.9. The number of ether oxygens (including phenoxy) is 1. The second kappa shape index (κ2) is 14.1. The van der Waals surface area contributed by atoms with Crippen LogP contribution in [0, 0.1) is 13.8 Å². The number of carbonyl (C=O) groups is 2. The fourth-order valence-corrected chi connectivity index (χ4v) is 8.90. The van der Waals surface area contributed by atoms with Crippen LogP contribution in [0.2, 0.25) is 5.02 Å². The largest absolute Gasteiger partial charge is 0.493 e. The molecule has 7 rings (SSSR count). The lowest BCUT2D eigenvalue weighted by Gasteiger charge is -2.14. The molecule has 258 valence electrons. The van der Waals surface area contributed by atoms with Crippen LogP contribution in [0.3, 0.4) is 0 Å². The lowest BCUT2D eigenvalue weighted by atomic mass is 9.97. The maximum atomic E-state index is 12.8. The van der Waals surface area contributed by atoms with Gasteiger partial charge >= 0.3 is 5.97 Å². The van der Waals surface area contributed by atoms with Gasteiger partial charge in [0.15, 0.2) is 0 Å². The summed E-state index contributed by atoms with van der Waals surface area (Å²) in [7, 11) is 3.57. The highest BCUT2D eigenvalue weighted by molar-refractivity contribution is 7.98. The van der Waals surface area contributed by atoms with Crippen molar-refractivity contribution in [1.82, 2.24) is 29.4 Å². The lowest BCUT2D eigenvalue weighted by molar-refractivity contribution is -0.121. The van der Waals surface area contributed by atoms with Gasteiger partial charge in [0.2, 0.25) is 5.91 Å². The van der Waals surface area contributed by atoms with E-state index >= 15 is 0 Å². The molecule has 1 aliphatic rings. The van der Waals surface area contributed by atoms with Crippen LogP contribution in [0.25, 0.3) is 32.8 Å². The van der Waals surface area contributed by atoms with Crippen LogP contribution in [0.5, 0.6) is 5.75 Å². The molecule has 8 bridgehead atoms. The topological polar surface area (TPSA) is 116 Å². The average molecular weight is 729 g/mol. The van der Waals surface area contributed by atoms with Crippen molar-refractivity contribution in [2.45, 2.75) is 55.5 Å². The Morgan fingerprint density at radius 2 is 1.86 bits per heavy atom. The summed E-state index contributed by atoms with van der Waals surface area (Å²) in [5, 5.41) is 26.3. The van der Waals surface area contributed by atoms with Crippen molar-refractivity contribution in [3.63, 3.8) is 0 Å². The molecule has 6 aromatic rings. The average Bonchev–Trinajstić information content (AvgIpc) is 3.71. The minimum Gasteiger partial charge on any atom is -0.493 e. The van der Waals surface area contributed by atoms with Crippen LogP contribution in [0.4, 0.5) is 0 Å². The van der Waals surface area contributed by atoms with Crippen LogP contribution in [-0.2, 0) is 42.2 Å². The summed E-state index contributed by atoms with van der Waals surface area (Å²) in [6.07, 6.45) is 0.579. The standard InChI is InChI=1S/C37H37ClN6O4S2/c1-21-33-30-11-10-28(38)35(33)34-22(2)44(17-32(45)39-3)41-29(34)20-49-18-24-15-25(42(4)40-24)19-50-26-14-23-8-5-6-9-27(23)31(16-26)48-13-7-12-43(30)36(21)37(46)47/h5-6,8-11,14-16H,7,12-13,17-20H2,1-4H3,(H,39,45)(H,46,47). The number of likely N-dealkylation sites (N-methyl/N-ethyl adjacent to an activating group) is 1. The minimum atomic E-state index is -1.01. The number of nitrogens with one attached hydrogen (secondary N) is 1. The second-order valence-electron chi connectivity index (χ2n) is 12.4. The van der Waals surface area contributed by atoms with E-state index in [-0.39, 0.29) is 18.1 Å². The number of nitrogens with zero attached hydrogens (tertiary/aromatic N) is 5. The van der Waals surface area contributed by atoms with Gasteiger partial charge in [-0.25, -0.2) is 4.79 Å². The van der Waals surface area contributed by atoms with Crippen molar-refractivity contribution < 1.29 is 19.4 Å². The number of benzene rings is 3. The number of rotatable bonds is 3. The molecular formula is C37H37ClN6O4S2. The fourth-order valence-electron chi connectivity index (χ4n) is 6.81. The third kappa shape index (κ3) is 6.36. The molecule has 0 saturated carbocycles. The Labute approximate surface area is 303 Å². The number of hydrogen-bond donors (Lipinski definition) is 2. The number of thioether (sulfide) groups is 2. The van der Waals surface area contributed by atoms with Gasteiger partial charge in [0.1, 0.15) is 18.0 Å². The smallest absolute Gasteiger partial charge is 0.352 e. The van der Waals surface area contributed by atoms with Gasteiger partial charge in [-0.05, 0) is 61.5 Å². The van der Waals surface area contributed by atoms with Crippen molar-refractivity contribution in [2.75, 3.05) is 13.7 Å². The summed E-state index contributed by atoms with van der Waals surface area (Å²) < 4.78 is 11.9. The molecule has 1 aliphatic heterocycles. The summed E-state index contributed by atoms with van der Waals surface area (Å²) in [6.45, 7) is 4.64. The van der Waals surface area contributed by atoms with Crippen molar-refractivity contribution in [3.05, 3.63) is 93.7 Å². The van der Waals surface area contributed by atoms with Gasteiger partial charge in [-0.1, -0.05) is 35.9 Å². The molecular weight excluding hydrogens is 692 g/mol. The van der Waals surface area contributed by atoms with Gasteiger partial charge in [-0.2, -0.15) is 10.2 Å². The maximum Gasteiger partial charge on any atom is 0.352 e. The summed E-state index contributed by atoms with van der Waals surface area (Å²) in [5.74, 6) is 1.56. The highest BCUT2D eigenvalue weighted by Crippen LogP contribution is 2.43. The SMILES string of the molecule is CNC(=O)Cn1nc2c(c1C)-c1c(Cl)ccc3c1c(C)c(C(=O)O)n3CCCOc1cc(cc3ccccc13)SCc1cc(nn1C)CSC2. The molecule has 0 aliphatic carbocycles. The Morgan fingerprint density at radius 3 is 2.66 bits per heavy atom. The van der Waals surface area contributed by atoms with E-state index < -0.39 is 5.97 Å². The minimum absolute atomic E-state index is 0.0482. The molecule has 10 nitrogen and oxygen atoms in total. The van der Waals surface area contributed by atoms with Crippen molar-refractivity contribution in [2.24, 2.45) is 7.05 Å². The van der Waals surface area contributed by atoms with Gasteiger partial charge in [-0.15, -0.1) is 23.5 Å². The number of carboxylic acids is 1. The Bertz CT molecular complexity index is 2290. The number of aryl methyl sites for hydroxylation is 3. The molecule has 3 aromatic heterocycles. The zero-order valence-electron chi connectivity index (χ0n) is 28.2. The first-order chi connectivity index (χ1) is 24.1. The molecule has 3 aromatic carbocycles. The van der Waals surface area contributed by atoms with E-state index in [0.29, 0.717) is 41.7 Å². The number of aromatic nitrogens is 5. The number of carbonyl (C=O) groups excluding carboxylic acids is 1. The maximum absolute atomic E-state index is 12.8. The fraction of sp³-hybridized carbons (Fsp3) is 0.297. The first-order valence-electron chi connectivity index (χ1n) is 16.3. The molecule has 0 spiro atoms. The predicted octanol–water partition coefficient (Wildman–Crippen LogP) is 7.61. The van der Waals surface area contributed by atoms with E-state index in [1.807, 2.05) is 54.4 Å². The Kier molecular flexibility index (Phi) is 9.60. The second-order valence-corrected chi connectivity index (χ2v) is 14.8. The summed E-state index contributed by atoms with van der Waals surface area (Å²) in [4.78, 5) is 26.4. The number of amides is 1. The third-order valence-corrected chi connectivity index (χ3v) is 11.5. The number of halogens is 1. The first kappa shape index (κ1) is 34.1. The third-order valence-electron chi connectivity index (χ3n) is 9.21. The van der Waals surface area contributed by atoms with Crippen molar-refractivity contribution in [3.8, 4) is 16.9 Å². The van der Waals surface area contributed by atoms with E-state index in [0.717, 1.165) is 72.0 Å². The molecule has 4 heterocycles. The van der Waals surface area contributed by atoms with E-state index in [1.54, 1.807) is 35.3 Å². The first-order valence-corrected chi connectivity index (χ1v) is 18.9. The Morgan fingerprint density at radius 1 is 1.04 bits per heavy atom. The van der Waals surface area contributed by atoms with Crippen LogP contribution in [0.1, 0.15) is 45.2 Å². The highest BCUT2D eigenvalue weighted by atomic mass is 35.5. The summed E-state index contributed by atoms with van der Waals surface area (Å²) in [5.41, 5.74) is 6.78. The van der Waals surface area contributed by atoms with Gasteiger partial charge in [-0.3, -0.25) is 14.2 Å².